The standard InChI is InChI=1S/C15H30O2/c1-5-8-14(9-6-2)15(10-7-3)11-12-17-13(4)16/h14-15H,5-12H2,1-4H3. The molecule has 0 aromatic rings. The number of hydrogen-bond acceptors (Lipinski definition) is 2. The maximum absolute atomic E-state index is 10.8. The molecular formula is C15H30O2. The molecule has 0 fully saturated rings. The second kappa shape index (κ2) is 10.6. The fourth-order valence-electron chi connectivity index (χ4n) is 2.70. The molecule has 17 heavy (non-hydrogen) atoms. The summed E-state index contributed by atoms with van der Waals surface area (Å²) < 4.78 is 5.09. The summed E-state index contributed by atoms with van der Waals surface area (Å²) in [4.78, 5) is 10.8. The lowest BCUT2D eigenvalue weighted by molar-refractivity contribution is -0.141. The number of carbonyl (C=O) groups is 1. The SMILES string of the molecule is CCCC(CCC)C(CCC)CCOC(C)=O. The molecule has 0 aromatic carbocycles. The molecule has 1 atom stereocenters. The van der Waals surface area contributed by atoms with E-state index in [1.54, 1.807) is 0 Å². The van der Waals surface area contributed by atoms with E-state index in [0.29, 0.717) is 6.61 Å². The van der Waals surface area contributed by atoms with Gasteiger partial charge in [-0.15, -0.1) is 0 Å². The fraction of sp³-hybridized carbons (Fsp3) is 0.933. The Morgan fingerprint density at radius 3 is 1.65 bits per heavy atom. The molecule has 2 heteroatoms. The van der Waals surface area contributed by atoms with Crippen molar-refractivity contribution in [2.45, 2.75) is 72.6 Å². The Bertz CT molecular complexity index is 183. The molecule has 0 N–H and O–H groups in total. The average Bonchev–Trinajstić information content (AvgIpc) is 2.27. The van der Waals surface area contributed by atoms with Gasteiger partial charge in [-0.05, 0) is 18.3 Å². The van der Waals surface area contributed by atoms with Gasteiger partial charge >= 0.3 is 5.97 Å². The molecular weight excluding hydrogens is 212 g/mol. The lowest BCUT2D eigenvalue weighted by atomic mass is 9.80. The van der Waals surface area contributed by atoms with Crippen LogP contribution in [-0.2, 0) is 9.53 Å². The van der Waals surface area contributed by atoms with E-state index in [4.69, 9.17) is 4.74 Å². The van der Waals surface area contributed by atoms with Gasteiger partial charge < -0.3 is 4.74 Å². The second-order valence-corrected chi connectivity index (χ2v) is 5.01. The first-order chi connectivity index (χ1) is 8.15. The zero-order valence-corrected chi connectivity index (χ0v) is 12.1. The van der Waals surface area contributed by atoms with Crippen molar-refractivity contribution < 1.29 is 9.53 Å². The summed E-state index contributed by atoms with van der Waals surface area (Å²) in [6, 6.07) is 0. The Morgan fingerprint density at radius 1 is 0.882 bits per heavy atom. The van der Waals surface area contributed by atoms with E-state index >= 15 is 0 Å². The largest absolute Gasteiger partial charge is 0.466 e. The van der Waals surface area contributed by atoms with Gasteiger partial charge in [0.2, 0.25) is 0 Å². The summed E-state index contributed by atoms with van der Waals surface area (Å²) in [6.45, 7) is 8.86. The summed E-state index contributed by atoms with van der Waals surface area (Å²) in [6.07, 6.45) is 8.70. The van der Waals surface area contributed by atoms with Gasteiger partial charge in [0, 0.05) is 6.92 Å². The summed E-state index contributed by atoms with van der Waals surface area (Å²) in [5.74, 6) is 1.41. The molecule has 1 unspecified atom stereocenters. The van der Waals surface area contributed by atoms with Gasteiger partial charge in [-0.1, -0.05) is 59.3 Å². The number of rotatable bonds is 10. The van der Waals surface area contributed by atoms with Crippen LogP contribution in [0.1, 0.15) is 72.6 Å². The first-order valence-electron chi connectivity index (χ1n) is 7.28. The zero-order valence-electron chi connectivity index (χ0n) is 12.1. The van der Waals surface area contributed by atoms with Crippen LogP contribution in [0.3, 0.4) is 0 Å². The van der Waals surface area contributed by atoms with E-state index < -0.39 is 0 Å². The Balaban J connectivity index is 4.17. The quantitative estimate of drug-likeness (QED) is 0.524. The topological polar surface area (TPSA) is 26.3 Å². The minimum Gasteiger partial charge on any atom is -0.466 e. The van der Waals surface area contributed by atoms with Crippen LogP contribution in [0, 0.1) is 11.8 Å². The molecule has 0 saturated carbocycles. The van der Waals surface area contributed by atoms with E-state index in [-0.39, 0.29) is 5.97 Å². The predicted octanol–water partition coefficient (Wildman–Crippen LogP) is 4.57. The smallest absolute Gasteiger partial charge is 0.302 e. The highest BCUT2D eigenvalue weighted by atomic mass is 16.5. The van der Waals surface area contributed by atoms with E-state index in [2.05, 4.69) is 20.8 Å². The normalized spacial score (nSPS) is 12.8. The summed E-state index contributed by atoms with van der Waals surface area (Å²) >= 11 is 0. The third-order valence-electron chi connectivity index (χ3n) is 3.44. The molecule has 0 amide bonds. The molecule has 0 aromatic heterocycles. The van der Waals surface area contributed by atoms with Crippen molar-refractivity contribution in [2.75, 3.05) is 6.61 Å². The summed E-state index contributed by atoms with van der Waals surface area (Å²) in [5, 5.41) is 0. The lowest BCUT2D eigenvalue weighted by Gasteiger charge is -2.26. The Labute approximate surface area is 107 Å². The minimum absolute atomic E-state index is 0.150. The number of carbonyl (C=O) groups excluding carboxylic acids is 1. The molecule has 0 aliphatic heterocycles. The number of hydrogen-bond donors (Lipinski definition) is 0. The molecule has 0 radical (unpaired) electrons. The van der Waals surface area contributed by atoms with E-state index in [1.807, 2.05) is 0 Å². The van der Waals surface area contributed by atoms with Crippen LogP contribution < -0.4 is 0 Å². The molecule has 0 aliphatic carbocycles. The molecule has 0 spiro atoms. The zero-order chi connectivity index (χ0) is 13.1. The highest BCUT2D eigenvalue weighted by Gasteiger charge is 2.19. The van der Waals surface area contributed by atoms with Crippen molar-refractivity contribution in [1.29, 1.82) is 0 Å². The van der Waals surface area contributed by atoms with E-state index in [1.165, 1.54) is 45.4 Å². The number of ether oxygens (including phenoxy) is 1. The summed E-state index contributed by atoms with van der Waals surface area (Å²) in [7, 11) is 0. The maximum atomic E-state index is 10.8. The average molecular weight is 242 g/mol. The van der Waals surface area contributed by atoms with Crippen LogP contribution in [0.25, 0.3) is 0 Å². The maximum Gasteiger partial charge on any atom is 0.302 e. The van der Waals surface area contributed by atoms with Crippen LogP contribution >= 0.6 is 0 Å². The van der Waals surface area contributed by atoms with Crippen molar-refractivity contribution in [3.8, 4) is 0 Å². The third kappa shape index (κ3) is 8.23. The van der Waals surface area contributed by atoms with E-state index in [0.717, 1.165) is 18.3 Å². The van der Waals surface area contributed by atoms with Crippen LogP contribution in [0.4, 0.5) is 0 Å². The first kappa shape index (κ1) is 16.5. The number of esters is 1. The van der Waals surface area contributed by atoms with Gasteiger partial charge in [-0.3, -0.25) is 4.79 Å². The Morgan fingerprint density at radius 2 is 1.29 bits per heavy atom. The Kier molecular flexibility index (Phi) is 10.3. The van der Waals surface area contributed by atoms with Crippen LogP contribution in [0.2, 0.25) is 0 Å². The van der Waals surface area contributed by atoms with Gasteiger partial charge in [0.15, 0.2) is 0 Å². The lowest BCUT2D eigenvalue weighted by Crippen LogP contribution is -2.17. The minimum atomic E-state index is -0.150. The van der Waals surface area contributed by atoms with Crippen molar-refractivity contribution in [1.82, 2.24) is 0 Å². The predicted molar refractivity (Wildman–Crippen MR) is 73.0 cm³/mol. The first-order valence-corrected chi connectivity index (χ1v) is 7.28. The van der Waals surface area contributed by atoms with Crippen molar-refractivity contribution in [3.63, 3.8) is 0 Å². The summed E-state index contributed by atoms with van der Waals surface area (Å²) in [5.41, 5.74) is 0. The Hall–Kier alpha value is -0.530. The van der Waals surface area contributed by atoms with E-state index in [9.17, 15) is 4.79 Å². The molecule has 0 aliphatic rings. The fourth-order valence-corrected chi connectivity index (χ4v) is 2.70. The molecule has 102 valence electrons. The highest BCUT2D eigenvalue weighted by molar-refractivity contribution is 5.65. The van der Waals surface area contributed by atoms with Gasteiger partial charge in [0.25, 0.3) is 0 Å². The van der Waals surface area contributed by atoms with Gasteiger partial charge in [-0.25, -0.2) is 0 Å². The molecule has 0 heterocycles. The van der Waals surface area contributed by atoms with Crippen LogP contribution in [0.5, 0.6) is 0 Å². The van der Waals surface area contributed by atoms with Crippen molar-refractivity contribution in [2.24, 2.45) is 11.8 Å². The van der Waals surface area contributed by atoms with Gasteiger partial charge in [0.1, 0.15) is 0 Å². The van der Waals surface area contributed by atoms with Gasteiger partial charge in [0.05, 0.1) is 6.61 Å². The highest BCUT2D eigenvalue weighted by Crippen LogP contribution is 2.29. The monoisotopic (exact) mass is 242 g/mol. The second-order valence-electron chi connectivity index (χ2n) is 5.01. The van der Waals surface area contributed by atoms with Crippen molar-refractivity contribution >= 4 is 5.97 Å². The van der Waals surface area contributed by atoms with Crippen molar-refractivity contribution in [3.05, 3.63) is 0 Å². The van der Waals surface area contributed by atoms with Crippen LogP contribution in [0.15, 0.2) is 0 Å². The molecule has 0 saturated heterocycles. The van der Waals surface area contributed by atoms with Gasteiger partial charge in [-0.2, -0.15) is 0 Å². The molecule has 2 nitrogen and oxygen atoms in total. The molecule has 0 bridgehead atoms. The third-order valence-corrected chi connectivity index (χ3v) is 3.44. The van der Waals surface area contributed by atoms with Crippen LogP contribution in [-0.4, -0.2) is 12.6 Å². The molecule has 0 rings (SSSR count).